The van der Waals surface area contributed by atoms with E-state index in [2.05, 4.69) is 34.7 Å². The van der Waals surface area contributed by atoms with Crippen molar-refractivity contribution >= 4 is 27.2 Å². The lowest BCUT2D eigenvalue weighted by molar-refractivity contribution is 0.285. The second-order valence-corrected chi connectivity index (χ2v) is 5.53. The van der Waals surface area contributed by atoms with E-state index in [9.17, 15) is 0 Å². The highest BCUT2D eigenvalue weighted by Crippen LogP contribution is 2.33. The molecule has 1 unspecified atom stereocenters. The van der Waals surface area contributed by atoms with Gasteiger partial charge >= 0.3 is 0 Å². The van der Waals surface area contributed by atoms with E-state index in [-0.39, 0.29) is 0 Å². The molecular formula is C13H16N2S. The number of thiophene rings is 1. The lowest BCUT2D eigenvalue weighted by Gasteiger charge is -2.32. The molecule has 1 fully saturated rings. The van der Waals surface area contributed by atoms with Gasteiger partial charge in [0.05, 0.1) is 15.9 Å². The molecule has 3 heteroatoms. The van der Waals surface area contributed by atoms with Crippen molar-refractivity contribution < 1.29 is 0 Å². The minimum atomic E-state index is 0.585. The third kappa shape index (κ3) is 1.69. The van der Waals surface area contributed by atoms with Crippen LogP contribution in [0, 0.1) is 5.92 Å². The average Bonchev–Trinajstić information content (AvgIpc) is 2.63. The van der Waals surface area contributed by atoms with E-state index < -0.39 is 0 Å². The van der Waals surface area contributed by atoms with E-state index in [0.29, 0.717) is 6.04 Å². The Labute approximate surface area is 99.7 Å². The molecule has 0 radical (unpaired) electrons. The molecule has 84 valence electrons. The standard InChI is InChI=1S/C13H16N2S/c1-9(10-3-2-4-10)15-12-5-7-14-11-6-8-16-13(11)12/h5-10H,2-4H2,1H3,(H,14,15). The largest absolute Gasteiger partial charge is 0.381 e. The zero-order chi connectivity index (χ0) is 11.0. The van der Waals surface area contributed by atoms with Gasteiger partial charge in [0.2, 0.25) is 0 Å². The van der Waals surface area contributed by atoms with Crippen LogP contribution in [-0.2, 0) is 0 Å². The van der Waals surface area contributed by atoms with Crippen molar-refractivity contribution in [3.05, 3.63) is 23.7 Å². The molecule has 0 amide bonds. The molecule has 2 nitrogen and oxygen atoms in total. The van der Waals surface area contributed by atoms with Crippen LogP contribution in [0.15, 0.2) is 23.7 Å². The van der Waals surface area contributed by atoms with Crippen LogP contribution < -0.4 is 5.32 Å². The average molecular weight is 232 g/mol. The zero-order valence-electron chi connectivity index (χ0n) is 9.44. The van der Waals surface area contributed by atoms with Crippen LogP contribution in [0.5, 0.6) is 0 Å². The number of rotatable bonds is 3. The van der Waals surface area contributed by atoms with Gasteiger partial charge in [0.15, 0.2) is 0 Å². The first-order valence-electron chi connectivity index (χ1n) is 5.93. The third-order valence-corrected chi connectivity index (χ3v) is 4.52. The minimum absolute atomic E-state index is 0.585. The summed E-state index contributed by atoms with van der Waals surface area (Å²) in [4.78, 5) is 4.36. The van der Waals surface area contributed by atoms with Crippen molar-refractivity contribution in [1.29, 1.82) is 0 Å². The second-order valence-electron chi connectivity index (χ2n) is 4.62. The van der Waals surface area contributed by atoms with Crippen molar-refractivity contribution in [2.75, 3.05) is 5.32 Å². The molecule has 3 rings (SSSR count). The number of hydrogen-bond acceptors (Lipinski definition) is 3. The van der Waals surface area contributed by atoms with Crippen molar-refractivity contribution in [2.24, 2.45) is 5.92 Å². The molecule has 1 aliphatic carbocycles. The van der Waals surface area contributed by atoms with E-state index in [0.717, 1.165) is 11.4 Å². The van der Waals surface area contributed by atoms with Gasteiger partial charge in [-0.15, -0.1) is 11.3 Å². The van der Waals surface area contributed by atoms with Gasteiger partial charge in [0, 0.05) is 12.2 Å². The molecule has 1 atom stereocenters. The SMILES string of the molecule is CC(Nc1ccnc2ccsc12)C1CCC1. The van der Waals surface area contributed by atoms with Crippen LogP contribution in [0.2, 0.25) is 0 Å². The third-order valence-electron chi connectivity index (χ3n) is 3.58. The van der Waals surface area contributed by atoms with Crippen molar-refractivity contribution in [1.82, 2.24) is 4.98 Å². The minimum Gasteiger partial charge on any atom is -0.381 e. The van der Waals surface area contributed by atoms with E-state index in [1.165, 1.54) is 29.6 Å². The lowest BCUT2D eigenvalue weighted by Crippen LogP contribution is -2.30. The maximum atomic E-state index is 4.36. The molecule has 0 saturated heterocycles. The van der Waals surface area contributed by atoms with E-state index in [1.807, 2.05) is 6.20 Å². The fraction of sp³-hybridized carbons (Fsp3) is 0.462. The van der Waals surface area contributed by atoms with Gasteiger partial charge in [-0.3, -0.25) is 4.98 Å². The van der Waals surface area contributed by atoms with Crippen LogP contribution >= 0.6 is 11.3 Å². The summed E-state index contributed by atoms with van der Waals surface area (Å²) in [6, 6.07) is 4.76. The van der Waals surface area contributed by atoms with E-state index >= 15 is 0 Å². The molecule has 2 aromatic heterocycles. The summed E-state index contributed by atoms with van der Waals surface area (Å²) in [5, 5.41) is 5.75. The predicted molar refractivity (Wildman–Crippen MR) is 70.0 cm³/mol. The molecule has 2 aromatic rings. The Morgan fingerprint density at radius 3 is 3.06 bits per heavy atom. The number of nitrogens with one attached hydrogen (secondary N) is 1. The van der Waals surface area contributed by atoms with Gasteiger partial charge in [0.25, 0.3) is 0 Å². The van der Waals surface area contributed by atoms with Crippen LogP contribution in [-0.4, -0.2) is 11.0 Å². The smallest absolute Gasteiger partial charge is 0.0830 e. The topological polar surface area (TPSA) is 24.9 Å². The Morgan fingerprint density at radius 1 is 1.44 bits per heavy atom. The van der Waals surface area contributed by atoms with Gasteiger partial charge in [-0.05, 0) is 43.2 Å². The molecule has 1 N–H and O–H groups in total. The summed E-state index contributed by atoms with van der Waals surface area (Å²) < 4.78 is 1.29. The number of pyridine rings is 1. The van der Waals surface area contributed by atoms with Crippen LogP contribution in [0.1, 0.15) is 26.2 Å². The van der Waals surface area contributed by atoms with Gasteiger partial charge < -0.3 is 5.32 Å². The Hall–Kier alpha value is -1.09. The maximum Gasteiger partial charge on any atom is 0.0830 e. The molecule has 1 saturated carbocycles. The summed E-state index contributed by atoms with van der Waals surface area (Å²) >= 11 is 1.77. The summed E-state index contributed by atoms with van der Waals surface area (Å²) in [5.41, 5.74) is 2.36. The lowest BCUT2D eigenvalue weighted by atomic mass is 9.80. The number of aromatic nitrogens is 1. The fourth-order valence-electron chi connectivity index (χ4n) is 2.29. The van der Waals surface area contributed by atoms with Gasteiger partial charge in [0.1, 0.15) is 0 Å². The maximum absolute atomic E-state index is 4.36. The van der Waals surface area contributed by atoms with E-state index in [1.54, 1.807) is 11.3 Å². The van der Waals surface area contributed by atoms with Crippen molar-refractivity contribution in [3.63, 3.8) is 0 Å². The molecule has 0 aliphatic heterocycles. The van der Waals surface area contributed by atoms with Gasteiger partial charge in [-0.2, -0.15) is 0 Å². The predicted octanol–water partition coefficient (Wildman–Crippen LogP) is 3.90. The first kappa shape index (κ1) is 10.1. The summed E-state index contributed by atoms with van der Waals surface area (Å²) in [6.45, 7) is 2.30. The van der Waals surface area contributed by atoms with Crippen molar-refractivity contribution in [2.45, 2.75) is 32.2 Å². The summed E-state index contributed by atoms with van der Waals surface area (Å²) in [7, 11) is 0. The first-order chi connectivity index (χ1) is 7.84. The number of nitrogens with zero attached hydrogens (tertiary/aromatic N) is 1. The Kier molecular flexibility index (Phi) is 2.56. The molecule has 16 heavy (non-hydrogen) atoms. The monoisotopic (exact) mass is 232 g/mol. The highest BCUT2D eigenvalue weighted by molar-refractivity contribution is 7.17. The van der Waals surface area contributed by atoms with Crippen LogP contribution in [0.3, 0.4) is 0 Å². The number of anilines is 1. The second kappa shape index (κ2) is 4.06. The molecule has 0 aromatic carbocycles. The van der Waals surface area contributed by atoms with Crippen LogP contribution in [0.25, 0.3) is 10.2 Å². The van der Waals surface area contributed by atoms with Crippen molar-refractivity contribution in [3.8, 4) is 0 Å². The Bertz CT molecular complexity index is 487. The molecular weight excluding hydrogens is 216 g/mol. The molecule has 2 heterocycles. The highest BCUT2D eigenvalue weighted by atomic mass is 32.1. The fourth-order valence-corrected chi connectivity index (χ4v) is 3.12. The summed E-state index contributed by atoms with van der Waals surface area (Å²) in [6.07, 6.45) is 6.06. The van der Waals surface area contributed by atoms with Crippen LogP contribution in [0.4, 0.5) is 5.69 Å². The molecule has 1 aliphatic rings. The highest BCUT2D eigenvalue weighted by Gasteiger charge is 2.24. The normalized spacial score (nSPS) is 18.3. The molecule has 0 spiro atoms. The van der Waals surface area contributed by atoms with E-state index in [4.69, 9.17) is 0 Å². The zero-order valence-corrected chi connectivity index (χ0v) is 10.3. The number of fused-ring (bicyclic) bond motifs is 1. The number of hydrogen-bond donors (Lipinski definition) is 1. The first-order valence-corrected chi connectivity index (χ1v) is 6.81. The molecule has 0 bridgehead atoms. The quantitative estimate of drug-likeness (QED) is 0.868. The van der Waals surface area contributed by atoms with Gasteiger partial charge in [-0.25, -0.2) is 0 Å². The van der Waals surface area contributed by atoms with Gasteiger partial charge in [-0.1, -0.05) is 6.42 Å². The Balaban J connectivity index is 1.85. The summed E-state index contributed by atoms with van der Waals surface area (Å²) in [5.74, 6) is 0.864. The Morgan fingerprint density at radius 2 is 2.31 bits per heavy atom.